The molecule has 3 heterocycles. The zero-order chi connectivity index (χ0) is 63.2. The van der Waals surface area contributed by atoms with E-state index < -0.39 is 132 Å². The first-order valence-electron chi connectivity index (χ1n) is 28.7. The first-order valence-corrected chi connectivity index (χ1v) is 31.2. The third-order valence-corrected chi connectivity index (χ3v) is 16.5. The van der Waals surface area contributed by atoms with Crippen LogP contribution in [-0.2, 0) is 67.2 Å². The number of alkyl carbamates (subject to hydrolysis) is 1. The molecule has 1 saturated heterocycles. The fraction of sp³-hybridized carbons (Fsp3) is 0.467. The van der Waals surface area contributed by atoms with Gasteiger partial charge in [-0.05, 0) is 83.1 Å². The van der Waals surface area contributed by atoms with Crippen LogP contribution >= 0.6 is 21.6 Å². The van der Waals surface area contributed by atoms with Gasteiger partial charge in [0, 0.05) is 73.2 Å². The Morgan fingerprint density at radius 1 is 0.701 bits per heavy atom. The van der Waals surface area contributed by atoms with Crippen molar-refractivity contribution in [3.05, 3.63) is 120 Å². The second kappa shape index (κ2) is 33.3. The Hall–Kier alpha value is -7.82. The summed E-state index contributed by atoms with van der Waals surface area (Å²) in [6.45, 7) is 6.97. The first-order chi connectivity index (χ1) is 41.5. The highest BCUT2D eigenvalue weighted by atomic mass is 33.1. The molecule has 1 aromatic heterocycles. The molecular weight excluding hydrogens is 1160 g/mol. The molecule has 25 nitrogen and oxygen atoms in total. The lowest BCUT2D eigenvalue weighted by Crippen LogP contribution is -2.62. The van der Waals surface area contributed by atoms with E-state index in [9.17, 15) is 48.9 Å². The van der Waals surface area contributed by atoms with Crippen molar-refractivity contribution in [2.24, 2.45) is 0 Å². The van der Waals surface area contributed by atoms with Gasteiger partial charge in [-0.15, -0.1) is 0 Å². The van der Waals surface area contributed by atoms with Crippen LogP contribution in [0.15, 0.2) is 103 Å². The normalized spacial score (nSPS) is 21.7. The van der Waals surface area contributed by atoms with E-state index in [0.717, 1.165) is 49.7 Å². The molecule has 4 aromatic rings. The quantitative estimate of drug-likeness (QED) is 0.0286. The monoisotopic (exact) mass is 1240 g/mol. The van der Waals surface area contributed by atoms with Gasteiger partial charge >= 0.3 is 6.09 Å². The molecule has 470 valence electrons. The molecule has 2 aliphatic rings. The van der Waals surface area contributed by atoms with E-state index >= 15 is 14.4 Å². The van der Waals surface area contributed by atoms with E-state index in [1.165, 1.54) is 13.8 Å². The van der Waals surface area contributed by atoms with Crippen LogP contribution in [0.2, 0.25) is 0 Å². The lowest BCUT2D eigenvalue weighted by atomic mass is 10.0. The maximum atomic E-state index is 15.1. The molecule has 87 heavy (non-hydrogen) atoms. The molecule has 0 bridgehead atoms. The van der Waals surface area contributed by atoms with Crippen LogP contribution in [0.4, 0.5) is 4.79 Å². The van der Waals surface area contributed by atoms with Crippen LogP contribution in [0.3, 0.4) is 0 Å². The molecule has 10 amide bonds. The fourth-order valence-electron chi connectivity index (χ4n) is 9.36. The van der Waals surface area contributed by atoms with Crippen molar-refractivity contribution in [3.63, 3.8) is 0 Å². The van der Waals surface area contributed by atoms with Crippen molar-refractivity contribution in [2.45, 2.75) is 139 Å². The summed E-state index contributed by atoms with van der Waals surface area (Å²) in [6, 6.07) is 13.6. The summed E-state index contributed by atoms with van der Waals surface area (Å²) in [5.41, 5.74) is 1.85. The zero-order valence-corrected chi connectivity index (χ0v) is 50.8. The summed E-state index contributed by atoms with van der Waals surface area (Å²) in [4.78, 5) is 144. The van der Waals surface area contributed by atoms with Gasteiger partial charge in [0.1, 0.15) is 41.9 Å². The number of aliphatic hydroxyl groups excluding tert-OH is 3. The zero-order valence-electron chi connectivity index (χ0n) is 49.2. The van der Waals surface area contributed by atoms with Gasteiger partial charge in [-0.2, -0.15) is 0 Å². The number of nitrogens with zero attached hydrogens (tertiary/aromatic N) is 1. The number of aromatic amines is 1. The summed E-state index contributed by atoms with van der Waals surface area (Å²) in [6.07, 6.45) is 0.572. The highest BCUT2D eigenvalue weighted by Gasteiger charge is 2.37. The smallest absolute Gasteiger partial charge is 0.407 e. The molecule has 0 aliphatic carbocycles. The number of para-hydroxylation sites is 1. The number of fused-ring (bicyclic) bond motifs is 1. The van der Waals surface area contributed by atoms with Crippen LogP contribution in [0.5, 0.6) is 0 Å². The second-order valence-corrected chi connectivity index (χ2v) is 24.7. The Kier molecular flexibility index (Phi) is 26.2. The number of ether oxygens (including phenoxy) is 1. The molecule has 27 heteroatoms. The van der Waals surface area contributed by atoms with Gasteiger partial charge in [0.15, 0.2) is 0 Å². The number of benzene rings is 3. The Balaban J connectivity index is 1.39. The number of aromatic nitrogens is 1. The second-order valence-electron chi connectivity index (χ2n) is 22.2. The average molecular weight is 1240 g/mol. The lowest BCUT2D eigenvalue weighted by molar-refractivity contribution is -0.137. The molecule has 0 unspecified atom stereocenters. The van der Waals surface area contributed by atoms with Gasteiger partial charge < -0.3 is 72.9 Å². The van der Waals surface area contributed by atoms with Crippen molar-refractivity contribution in [1.82, 2.24) is 57.7 Å². The summed E-state index contributed by atoms with van der Waals surface area (Å²) in [5, 5.41) is 56.9. The number of nitrogens with one attached hydrogen (secondary N) is 10. The van der Waals surface area contributed by atoms with E-state index in [0.29, 0.717) is 16.5 Å². The number of carbonyl (C=O) groups excluding carboxylic acids is 10. The number of H-pyrrole nitrogens is 1. The predicted octanol–water partition coefficient (Wildman–Crippen LogP) is 0.317. The minimum Gasteiger partial charge on any atom is -0.444 e. The number of rotatable bonds is 22. The highest BCUT2D eigenvalue weighted by Crippen LogP contribution is 2.25. The summed E-state index contributed by atoms with van der Waals surface area (Å²) in [7, 11) is 1.96. The van der Waals surface area contributed by atoms with Crippen LogP contribution in [0.25, 0.3) is 10.9 Å². The van der Waals surface area contributed by atoms with Crippen molar-refractivity contribution in [3.8, 4) is 0 Å². The number of carbonyl (C=O) groups is 10. The van der Waals surface area contributed by atoms with Crippen molar-refractivity contribution < 1.29 is 68.0 Å². The highest BCUT2D eigenvalue weighted by molar-refractivity contribution is 8.76. The fourth-order valence-corrected chi connectivity index (χ4v) is 11.7. The number of hydrogen-bond acceptors (Lipinski definition) is 17. The summed E-state index contributed by atoms with van der Waals surface area (Å²) >= 11 is 0. The molecule has 1 fully saturated rings. The largest absolute Gasteiger partial charge is 0.444 e. The van der Waals surface area contributed by atoms with Gasteiger partial charge in [0.05, 0.1) is 30.9 Å². The number of hydrogen-bond donors (Lipinski definition) is 13. The van der Waals surface area contributed by atoms with Gasteiger partial charge in [-0.1, -0.05) is 100 Å². The van der Waals surface area contributed by atoms with Crippen LogP contribution in [0, 0.1) is 0 Å². The third-order valence-electron chi connectivity index (χ3n) is 14.1. The van der Waals surface area contributed by atoms with E-state index in [2.05, 4.69) is 52.8 Å². The Morgan fingerprint density at radius 3 is 1.94 bits per heavy atom. The van der Waals surface area contributed by atoms with Crippen LogP contribution in [-0.4, -0.2) is 188 Å². The number of amides is 10. The number of unbranched alkanes of at least 4 members (excludes halogenated alkanes) is 1. The van der Waals surface area contributed by atoms with Crippen LogP contribution < -0.4 is 47.9 Å². The van der Waals surface area contributed by atoms with Crippen LogP contribution in [0.1, 0.15) is 70.6 Å². The molecule has 2 aliphatic heterocycles. The SMILES string of the molecule is C[C@@H](O)[C@@H]1NC(=O)[C@H](CCCCNC(=O)OC(C)(C)C)NC(=O)[C@@H](Cc2c[nH]c3ccccc23)NC(=O)[C@H](Cc2ccccc2)NC(=O)[C@@H](NC(=O)[C@@H](Cc2ccccc2)NCCN2C(=O)C=CC2=O)CSSC[C@@H](C(=O)N[C@H](CO)[C@@H](C)O)NC1=O. The first kappa shape index (κ1) is 68.3. The van der Waals surface area contributed by atoms with Gasteiger partial charge in [-0.25, -0.2) is 4.79 Å². The Morgan fingerprint density at radius 2 is 1.30 bits per heavy atom. The van der Waals surface area contributed by atoms with E-state index in [-0.39, 0.29) is 69.7 Å². The maximum absolute atomic E-state index is 15.1. The van der Waals surface area contributed by atoms with Crippen molar-refractivity contribution >= 4 is 91.7 Å². The molecule has 0 saturated carbocycles. The topological polar surface area (TPSA) is 368 Å². The molecule has 6 rings (SSSR count). The van der Waals surface area contributed by atoms with Gasteiger partial charge in [-0.3, -0.25) is 48.1 Å². The molecule has 0 radical (unpaired) electrons. The molecule has 10 atom stereocenters. The minimum atomic E-state index is -1.76. The lowest BCUT2D eigenvalue weighted by Gasteiger charge is -2.29. The number of imide groups is 1. The van der Waals surface area contributed by atoms with Gasteiger partial charge in [0.2, 0.25) is 41.4 Å². The third kappa shape index (κ3) is 21.5. The van der Waals surface area contributed by atoms with E-state index in [4.69, 9.17) is 4.74 Å². The summed E-state index contributed by atoms with van der Waals surface area (Å²) in [5.74, 6) is -7.66. The Bertz CT molecular complexity index is 3030. The van der Waals surface area contributed by atoms with Gasteiger partial charge in [0.25, 0.3) is 11.8 Å². The average Bonchev–Trinajstić information content (AvgIpc) is 3.00. The standard InChI is InChI=1S/C60H79N11O14S2/c1-35(73)46(32-72)67-57(82)48-34-87-86-33-47(68-53(78)43(28-37-16-8-6-9-17-37)61-26-27-71-49(75)23-24-50(71)76)56(81)65-44(29-38-18-10-7-11-19-38)54(79)66-45(30-39-31-63-41-21-13-12-20-40(39)41)55(80)64-42(52(77)70-51(36(2)74)58(83)69-48)22-14-15-25-62-59(84)85-60(3,4)5/h6-13,16-21,23-24,31,35-36,42-48,51,61,63,72-74H,14-15,22,25-30,32-34H2,1-5H3,(H,62,84)(H,64,80)(H,65,81)(H,66,79)(H,67,82)(H,68,78)(H,69,83)(H,70,77)/t35-,36-,42+,43-,44+,45-,46-,47+,48+,51+/m1/s1. The number of aliphatic hydroxyl groups is 3. The minimum absolute atomic E-state index is 0.0206. The molecule has 13 N–H and O–H groups in total. The molecule has 0 spiro atoms. The summed E-state index contributed by atoms with van der Waals surface area (Å²) < 4.78 is 5.34. The van der Waals surface area contributed by atoms with E-state index in [1.807, 2.05) is 18.2 Å². The Labute approximate surface area is 512 Å². The molecular formula is C60H79N11O14S2. The van der Waals surface area contributed by atoms with Crippen molar-refractivity contribution in [2.75, 3.05) is 37.7 Å². The van der Waals surface area contributed by atoms with Crippen molar-refractivity contribution in [1.29, 1.82) is 0 Å². The molecule has 3 aromatic carbocycles. The maximum Gasteiger partial charge on any atom is 0.407 e. The predicted molar refractivity (Wildman–Crippen MR) is 327 cm³/mol. The van der Waals surface area contributed by atoms with E-state index in [1.54, 1.807) is 93.7 Å².